The lowest BCUT2D eigenvalue weighted by Crippen LogP contribution is -2.49. The number of nitrogens with zero attached hydrogens (tertiary/aromatic N) is 1. The molecule has 1 saturated heterocycles. The summed E-state index contributed by atoms with van der Waals surface area (Å²) in [7, 11) is 0. The van der Waals surface area contributed by atoms with Crippen molar-refractivity contribution in [2.45, 2.75) is 58.5 Å². The molecular weight excluding hydrogens is 260 g/mol. The van der Waals surface area contributed by atoms with Crippen molar-refractivity contribution in [3.05, 3.63) is 0 Å². The SMILES string of the molecule is CC[C@](C)(CC(=O)O)NC(=O)[C@H]1CC(=O)N(C(C)C)C1. The molecule has 0 radical (unpaired) electrons. The minimum Gasteiger partial charge on any atom is -0.481 e. The molecule has 0 spiro atoms. The first-order chi connectivity index (χ1) is 9.18. The van der Waals surface area contributed by atoms with Gasteiger partial charge in [-0.05, 0) is 27.2 Å². The van der Waals surface area contributed by atoms with Gasteiger partial charge in [0.2, 0.25) is 11.8 Å². The number of hydrogen-bond acceptors (Lipinski definition) is 3. The highest BCUT2D eigenvalue weighted by molar-refractivity contribution is 5.90. The molecule has 2 atom stereocenters. The summed E-state index contributed by atoms with van der Waals surface area (Å²) in [6.45, 7) is 7.80. The van der Waals surface area contributed by atoms with Crippen molar-refractivity contribution in [2.24, 2.45) is 5.92 Å². The van der Waals surface area contributed by atoms with E-state index in [0.29, 0.717) is 13.0 Å². The van der Waals surface area contributed by atoms with E-state index in [4.69, 9.17) is 5.11 Å². The van der Waals surface area contributed by atoms with Crippen LogP contribution in [0.25, 0.3) is 0 Å². The number of carbonyl (C=O) groups excluding carboxylic acids is 2. The number of aliphatic carboxylic acids is 1. The Morgan fingerprint density at radius 2 is 2.10 bits per heavy atom. The van der Waals surface area contributed by atoms with Crippen molar-refractivity contribution < 1.29 is 19.5 Å². The highest BCUT2D eigenvalue weighted by Gasteiger charge is 2.38. The minimum atomic E-state index is -0.944. The van der Waals surface area contributed by atoms with Crippen molar-refractivity contribution in [1.29, 1.82) is 0 Å². The van der Waals surface area contributed by atoms with E-state index >= 15 is 0 Å². The normalized spacial score (nSPS) is 21.9. The van der Waals surface area contributed by atoms with Crippen LogP contribution in [0, 0.1) is 5.92 Å². The lowest BCUT2D eigenvalue weighted by molar-refractivity contribution is -0.139. The molecule has 2 N–H and O–H groups in total. The Labute approximate surface area is 119 Å². The van der Waals surface area contributed by atoms with E-state index in [-0.39, 0.29) is 36.6 Å². The first kappa shape index (κ1) is 16.5. The highest BCUT2D eigenvalue weighted by atomic mass is 16.4. The smallest absolute Gasteiger partial charge is 0.305 e. The lowest BCUT2D eigenvalue weighted by Gasteiger charge is -2.29. The molecule has 2 amide bonds. The molecule has 0 aromatic rings. The van der Waals surface area contributed by atoms with Crippen LogP contribution >= 0.6 is 0 Å². The van der Waals surface area contributed by atoms with Crippen molar-refractivity contribution in [1.82, 2.24) is 10.2 Å². The Bertz CT molecular complexity index is 408. The van der Waals surface area contributed by atoms with Crippen LogP contribution in [-0.4, -0.2) is 45.9 Å². The monoisotopic (exact) mass is 284 g/mol. The molecule has 6 heteroatoms. The van der Waals surface area contributed by atoms with Crippen LogP contribution in [0.3, 0.4) is 0 Å². The summed E-state index contributed by atoms with van der Waals surface area (Å²) in [6, 6.07) is 0.0804. The molecule has 1 heterocycles. The Morgan fingerprint density at radius 1 is 1.50 bits per heavy atom. The van der Waals surface area contributed by atoms with Gasteiger partial charge in [-0.15, -0.1) is 0 Å². The summed E-state index contributed by atoms with van der Waals surface area (Å²) in [5, 5.41) is 11.7. The molecular formula is C14H24N2O4. The van der Waals surface area contributed by atoms with Gasteiger partial charge in [0.1, 0.15) is 0 Å². The second-order valence-corrected chi connectivity index (χ2v) is 6.01. The fourth-order valence-corrected chi connectivity index (χ4v) is 2.40. The second-order valence-electron chi connectivity index (χ2n) is 6.01. The van der Waals surface area contributed by atoms with E-state index in [2.05, 4.69) is 5.32 Å². The van der Waals surface area contributed by atoms with Gasteiger partial charge in [-0.25, -0.2) is 0 Å². The van der Waals surface area contributed by atoms with Gasteiger partial charge in [0, 0.05) is 24.5 Å². The first-order valence-electron chi connectivity index (χ1n) is 7.02. The predicted molar refractivity (Wildman–Crippen MR) is 74.0 cm³/mol. The second kappa shape index (κ2) is 6.24. The molecule has 1 aliphatic rings. The third kappa shape index (κ3) is 3.95. The van der Waals surface area contributed by atoms with Crippen LogP contribution in [0.15, 0.2) is 0 Å². The van der Waals surface area contributed by atoms with Crippen molar-refractivity contribution in [3.63, 3.8) is 0 Å². The van der Waals surface area contributed by atoms with Crippen LogP contribution < -0.4 is 5.32 Å². The fourth-order valence-electron chi connectivity index (χ4n) is 2.40. The first-order valence-corrected chi connectivity index (χ1v) is 7.02. The van der Waals surface area contributed by atoms with E-state index in [1.165, 1.54) is 0 Å². The zero-order valence-electron chi connectivity index (χ0n) is 12.6. The number of nitrogens with one attached hydrogen (secondary N) is 1. The van der Waals surface area contributed by atoms with Crippen LogP contribution in [-0.2, 0) is 14.4 Å². The van der Waals surface area contributed by atoms with Crippen molar-refractivity contribution in [3.8, 4) is 0 Å². The fraction of sp³-hybridized carbons (Fsp3) is 0.786. The van der Waals surface area contributed by atoms with Gasteiger partial charge in [0.15, 0.2) is 0 Å². The molecule has 1 rings (SSSR count). The van der Waals surface area contributed by atoms with Gasteiger partial charge >= 0.3 is 5.97 Å². The molecule has 0 aliphatic carbocycles. The van der Waals surface area contributed by atoms with E-state index < -0.39 is 11.5 Å². The summed E-state index contributed by atoms with van der Waals surface area (Å²) in [5.41, 5.74) is -0.767. The summed E-state index contributed by atoms with van der Waals surface area (Å²) >= 11 is 0. The van der Waals surface area contributed by atoms with Gasteiger partial charge < -0.3 is 15.3 Å². The van der Waals surface area contributed by atoms with E-state index in [0.717, 1.165) is 0 Å². The zero-order valence-corrected chi connectivity index (χ0v) is 12.6. The maximum atomic E-state index is 12.2. The number of hydrogen-bond donors (Lipinski definition) is 2. The van der Waals surface area contributed by atoms with Crippen LogP contribution in [0.1, 0.15) is 47.0 Å². The number of likely N-dealkylation sites (tertiary alicyclic amines) is 1. The maximum Gasteiger partial charge on any atom is 0.305 e. The zero-order chi connectivity index (χ0) is 15.5. The third-order valence-corrected chi connectivity index (χ3v) is 3.90. The summed E-state index contributed by atoms with van der Waals surface area (Å²) in [4.78, 5) is 36.6. The summed E-state index contributed by atoms with van der Waals surface area (Å²) in [5.74, 6) is -1.57. The molecule has 0 saturated carbocycles. The summed E-state index contributed by atoms with van der Waals surface area (Å²) < 4.78 is 0. The number of amides is 2. The topological polar surface area (TPSA) is 86.7 Å². The molecule has 20 heavy (non-hydrogen) atoms. The van der Waals surface area contributed by atoms with Crippen LogP contribution in [0.4, 0.5) is 0 Å². The maximum absolute atomic E-state index is 12.2. The van der Waals surface area contributed by atoms with Gasteiger partial charge in [-0.1, -0.05) is 6.92 Å². The third-order valence-electron chi connectivity index (χ3n) is 3.90. The Kier molecular flexibility index (Phi) is 5.14. The van der Waals surface area contributed by atoms with Crippen LogP contribution in [0.5, 0.6) is 0 Å². The van der Waals surface area contributed by atoms with Gasteiger partial charge in [-0.2, -0.15) is 0 Å². The van der Waals surface area contributed by atoms with Gasteiger partial charge in [0.05, 0.1) is 12.3 Å². The number of rotatable bonds is 6. The molecule has 0 aromatic heterocycles. The lowest BCUT2D eigenvalue weighted by atomic mass is 9.93. The number of carboxylic acids is 1. The standard InChI is InChI=1S/C14H24N2O4/c1-5-14(4,7-12(18)19)15-13(20)10-6-11(17)16(8-10)9(2)3/h9-10H,5-8H2,1-4H3,(H,15,20)(H,18,19)/t10-,14+/m0/s1. The molecule has 0 aromatic carbocycles. The van der Waals surface area contributed by atoms with E-state index in [1.807, 2.05) is 20.8 Å². The quantitative estimate of drug-likeness (QED) is 0.762. The molecule has 6 nitrogen and oxygen atoms in total. The van der Waals surface area contributed by atoms with E-state index in [9.17, 15) is 14.4 Å². The molecule has 1 aliphatic heterocycles. The Morgan fingerprint density at radius 3 is 2.50 bits per heavy atom. The predicted octanol–water partition coefficient (Wildman–Crippen LogP) is 1.00. The highest BCUT2D eigenvalue weighted by Crippen LogP contribution is 2.22. The minimum absolute atomic E-state index is 0.0170. The van der Waals surface area contributed by atoms with Crippen LogP contribution in [0.2, 0.25) is 0 Å². The average Bonchev–Trinajstić information content (AvgIpc) is 2.70. The molecule has 114 valence electrons. The largest absolute Gasteiger partial charge is 0.481 e. The summed E-state index contributed by atoms with van der Waals surface area (Å²) in [6.07, 6.45) is 0.611. The number of carboxylic acid groups (broad SMARTS) is 1. The molecule has 1 fully saturated rings. The Hall–Kier alpha value is -1.59. The molecule has 0 bridgehead atoms. The van der Waals surface area contributed by atoms with Crippen molar-refractivity contribution in [2.75, 3.05) is 6.54 Å². The average molecular weight is 284 g/mol. The molecule has 0 unspecified atom stereocenters. The number of carbonyl (C=O) groups is 3. The Balaban J connectivity index is 2.67. The van der Waals surface area contributed by atoms with Gasteiger partial charge in [-0.3, -0.25) is 14.4 Å². The van der Waals surface area contributed by atoms with Gasteiger partial charge in [0.25, 0.3) is 0 Å². The van der Waals surface area contributed by atoms with E-state index in [1.54, 1.807) is 11.8 Å². The van der Waals surface area contributed by atoms with Crippen molar-refractivity contribution >= 4 is 17.8 Å².